The van der Waals surface area contributed by atoms with Gasteiger partial charge in [-0.3, -0.25) is 9.59 Å². The van der Waals surface area contributed by atoms with Gasteiger partial charge in [-0.15, -0.1) is 0 Å². The van der Waals surface area contributed by atoms with Crippen LogP contribution in [-0.4, -0.2) is 37.4 Å². The molecule has 0 heterocycles. The molecule has 2 aromatic carbocycles. The van der Waals surface area contributed by atoms with Crippen LogP contribution in [0.1, 0.15) is 27.0 Å². The highest BCUT2D eigenvalue weighted by Crippen LogP contribution is 2.22. The third-order valence-corrected chi connectivity index (χ3v) is 3.85. The predicted molar refractivity (Wildman–Crippen MR) is 97.7 cm³/mol. The van der Waals surface area contributed by atoms with Gasteiger partial charge in [-0.1, -0.05) is 30.3 Å². The van der Waals surface area contributed by atoms with Crippen molar-refractivity contribution >= 4 is 11.8 Å². The Bertz CT molecular complexity index is 732. The van der Waals surface area contributed by atoms with Crippen molar-refractivity contribution in [3.8, 4) is 5.75 Å². The number of hydrogen-bond acceptors (Lipinski definition) is 3. The Hall–Kier alpha value is -2.82. The van der Waals surface area contributed by atoms with E-state index >= 15 is 0 Å². The van der Waals surface area contributed by atoms with Crippen LogP contribution in [-0.2, 0) is 11.3 Å². The van der Waals surface area contributed by atoms with E-state index in [9.17, 15) is 9.59 Å². The van der Waals surface area contributed by atoms with Gasteiger partial charge in [-0.25, -0.2) is 0 Å². The maximum absolute atomic E-state index is 12.0. The van der Waals surface area contributed by atoms with Crippen molar-refractivity contribution in [2.24, 2.45) is 0 Å². The normalized spacial score (nSPS) is 10.2. The number of carbonyl (C=O) groups excluding carboxylic acids is 2. The maximum Gasteiger partial charge on any atom is 0.258 e. The second-order valence-corrected chi connectivity index (χ2v) is 6.18. The van der Waals surface area contributed by atoms with Crippen molar-refractivity contribution in [2.75, 3.05) is 20.7 Å². The zero-order valence-corrected chi connectivity index (χ0v) is 15.1. The molecule has 0 radical (unpaired) electrons. The lowest BCUT2D eigenvalue weighted by Crippen LogP contribution is -2.28. The average molecular weight is 340 g/mol. The molecule has 0 aliphatic rings. The fraction of sp³-hybridized carbons (Fsp3) is 0.300. The molecular weight excluding hydrogens is 316 g/mol. The Morgan fingerprint density at radius 2 is 1.60 bits per heavy atom. The van der Waals surface area contributed by atoms with E-state index in [2.05, 4.69) is 5.32 Å². The van der Waals surface area contributed by atoms with E-state index < -0.39 is 0 Å². The molecule has 0 aromatic heterocycles. The molecule has 0 fully saturated rings. The molecule has 0 saturated carbocycles. The fourth-order valence-electron chi connectivity index (χ4n) is 2.44. The van der Waals surface area contributed by atoms with E-state index in [0.29, 0.717) is 12.1 Å². The second-order valence-electron chi connectivity index (χ2n) is 6.18. The van der Waals surface area contributed by atoms with Gasteiger partial charge in [0.15, 0.2) is 6.61 Å². The number of benzene rings is 2. The van der Waals surface area contributed by atoms with Crippen LogP contribution in [0.15, 0.2) is 42.5 Å². The summed E-state index contributed by atoms with van der Waals surface area (Å²) < 4.78 is 5.63. The van der Waals surface area contributed by atoms with Gasteiger partial charge < -0.3 is 15.0 Å². The van der Waals surface area contributed by atoms with Crippen molar-refractivity contribution < 1.29 is 14.3 Å². The number of hydrogen-bond donors (Lipinski definition) is 1. The first kappa shape index (κ1) is 18.5. The quantitative estimate of drug-likeness (QED) is 0.879. The zero-order valence-electron chi connectivity index (χ0n) is 15.1. The summed E-state index contributed by atoms with van der Waals surface area (Å²) >= 11 is 0. The Morgan fingerprint density at radius 3 is 2.16 bits per heavy atom. The average Bonchev–Trinajstić information content (AvgIpc) is 2.59. The molecule has 2 aromatic rings. The Kier molecular flexibility index (Phi) is 6.17. The number of amides is 2. The van der Waals surface area contributed by atoms with Crippen LogP contribution in [0.3, 0.4) is 0 Å². The molecule has 132 valence electrons. The third kappa shape index (κ3) is 5.08. The van der Waals surface area contributed by atoms with Gasteiger partial charge in [-0.2, -0.15) is 0 Å². The molecule has 0 unspecified atom stereocenters. The lowest BCUT2D eigenvalue weighted by molar-refractivity contribution is -0.123. The number of ether oxygens (including phenoxy) is 1. The van der Waals surface area contributed by atoms with Crippen molar-refractivity contribution in [1.82, 2.24) is 10.2 Å². The molecule has 1 N–H and O–H groups in total. The van der Waals surface area contributed by atoms with Gasteiger partial charge in [0, 0.05) is 26.2 Å². The summed E-state index contributed by atoms with van der Waals surface area (Å²) in [6, 6.07) is 13.1. The van der Waals surface area contributed by atoms with E-state index in [4.69, 9.17) is 4.74 Å². The number of para-hydroxylation sites is 1. The molecule has 0 atom stereocenters. The molecule has 0 spiro atoms. The van der Waals surface area contributed by atoms with Crippen molar-refractivity contribution in [3.05, 3.63) is 64.7 Å². The number of nitrogens with one attached hydrogen (secondary N) is 1. The first-order chi connectivity index (χ1) is 11.9. The molecule has 0 bridgehead atoms. The van der Waals surface area contributed by atoms with Gasteiger partial charge in [-0.05, 0) is 42.7 Å². The highest BCUT2D eigenvalue weighted by atomic mass is 16.5. The number of carbonyl (C=O) groups is 2. The highest BCUT2D eigenvalue weighted by molar-refractivity contribution is 5.93. The fourth-order valence-corrected chi connectivity index (χ4v) is 2.44. The summed E-state index contributed by atoms with van der Waals surface area (Å²) in [4.78, 5) is 25.3. The largest absolute Gasteiger partial charge is 0.483 e. The Morgan fingerprint density at radius 1 is 1.00 bits per heavy atom. The van der Waals surface area contributed by atoms with E-state index in [1.807, 2.05) is 44.2 Å². The van der Waals surface area contributed by atoms with E-state index in [1.54, 1.807) is 26.2 Å². The molecule has 5 heteroatoms. The van der Waals surface area contributed by atoms with Crippen LogP contribution >= 0.6 is 0 Å². The highest BCUT2D eigenvalue weighted by Gasteiger charge is 2.09. The van der Waals surface area contributed by atoms with Crippen LogP contribution in [0.2, 0.25) is 0 Å². The van der Waals surface area contributed by atoms with Gasteiger partial charge in [0.05, 0.1) is 0 Å². The molecule has 0 aliphatic carbocycles. The van der Waals surface area contributed by atoms with Gasteiger partial charge in [0.2, 0.25) is 0 Å². The van der Waals surface area contributed by atoms with Crippen LogP contribution in [0.4, 0.5) is 0 Å². The van der Waals surface area contributed by atoms with Crippen molar-refractivity contribution in [1.29, 1.82) is 0 Å². The van der Waals surface area contributed by atoms with E-state index in [1.165, 1.54) is 4.90 Å². The lowest BCUT2D eigenvalue weighted by atomic mass is 10.1. The van der Waals surface area contributed by atoms with Gasteiger partial charge in [0.1, 0.15) is 5.75 Å². The number of nitrogens with zero attached hydrogens (tertiary/aromatic N) is 1. The molecule has 25 heavy (non-hydrogen) atoms. The minimum Gasteiger partial charge on any atom is -0.483 e. The molecule has 5 nitrogen and oxygen atoms in total. The van der Waals surface area contributed by atoms with Crippen molar-refractivity contribution in [3.63, 3.8) is 0 Å². The molecule has 0 saturated heterocycles. The second kappa shape index (κ2) is 8.33. The number of aryl methyl sites for hydroxylation is 2. The van der Waals surface area contributed by atoms with Crippen LogP contribution in [0.5, 0.6) is 5.75 Å². The number of rotatable bonds is 6. The molecule has 2 rings (SSSR count). The molecule has 2 amide bonds. The standard InChI is InChI=1S/C20H24N2O3/c1-14-6-5-7-15(2)19(14)25-13-18(23)21-12-16-8-10-17(11-9-16)20(24)22(3)4/h5-11H,12-13H2,1-4H3,(H,21,23). The van der Waals surface area contributed by atoms with E-state index in [0.717, 1.165) is 22.4 Å². The lowest BCUT2D eigenvalue weighted by Gasteiger charge is -2.12. The summed E-state index contributed by atoms with van der Waals surface area (Å²) in [5.74, 6) is 0.526. The van der Waals surface area contributed by atoms with Crippen molar-refractivity contribution in [2.45, 2.75) is 20.4 Å². The first-order valence-electron chi connectivity index (χ1n) is 8.15. The van der Waals surface area contributed by atoms with E-state index in [-0.39, 0.29) is 18.4 Å². The van der Waals surface area contributed by atoms with Crippen LogP contribution < -0.4 is 10.1 Å². The van der Waals surface area contributed by atoms with Gasteiger partial charge >= 0.3 is 0 Å². The van der Waals surface area contributed by atoms with Crippen LogP contribution in [0.25, 0.3) is 0 Å². The third-order valence-electron chi connectivity index (χ3n) is 3.85. The molecular formula is C20H24N2O3. The zero-order chi connectivity index (χ0) is 18.4. The minimum atomic E-state index is -0.184. The first-order valence-corrected chi connectivity index (χ1v) is 8.15. The smallest absolute Gasteiger partial charge is 0.258 e. The molecule has 0 aliphatic heterocycles. The van der Waals surface area contributed by atoms with Crippen LogP contribution in [0, 0.1) is 13.8 Å². The maximum atomic E-state index is 12.0. The Balaban J connectivity index is 1.85. The summed E-state index contributed by atoms with van der Waals surface area (Å²) in [7, 11) is 3.43. The topological polar surface area (TPSA) is 58.6 Å². The monoisotopic (exact) mass is 340 g/mol. The predicted octanol–water partition coefficient (Wildman–Crippen LogP) is 2.70. The summed E-state index contributed by atoms with van der Waals surface area (Å²) in [5.41, 5.74) is 3.57. The summed E-state index contributed by atoms with van der Waals surface area (Å²) in [5, 5.41) is 2.82. The minimum absolute atomic E-state index is 0.0249. The Labute approximate surface area is 148 Å². The summed E-state index contributed by atoms with van der Waals surface area (Å²) in [6.07, 6.45) is 0. The SMILES string of the molecule is Cc1cccc(C)c1OCC(=O)NCc1ccc(C(=O)N(C)C)cc1. The van der Waals surface area contributed by atoms with Gasteiger partial charge in [0.25, 0.3) is 11.8 Å². The summed E-state index contributed by atoms with van der Waals surface area (Å²) in [6.45, 7) is 4.28.